The molecular formula is C17H14BrN3O2. The number of anilines is 2. The molecule has 0 saturated carbocycles. The van der Waals surface area contributed by atoms with Crippen LogP contribution in [0.3, 0.4) is 0 Å². The first-order chi connectivity index (χ1) is 10.9. The fraction of sp³-hybridized carbons (Fsp3) is 0.118. The third-order valence-corrected chi connectivity index (χ3v) is 3.91. The Hall–Kier alpha value is -2.47. The minimum Gasteiger partial charge on any atom is -0.478 e. The van der Waals surface area contributed by atoms with Crippen molar-refractivity contribution in [1.82, 2.24) is 9.97 Å². The number of aryl methyl sites for hydroxylation is 2. The van der Waals surface area contributed by atoms with Crippen LogP contribution < -0.4 is 5.32 Å². The van der Waals surface area contributed by atoms with Crippen molar-refractivity contribution in [2.24, 2.45) is 0 Å². The monoisotopic (exact) mass is 371 g/mol. The van der Waals surface area contributed by atoms with Crippen molar-refractivity contribution in [2.45, 2.75) is 13.8 Å². The van der Waals surface area contributed by atoms with Gasteiger partial charge < -0.3 is 10.4 Å². The Kier molecular flexibility index (Phi) is 4.00. The number of aromatic carboxylic acids is 1. The van der Waals surface area contributed by atoms with E-state index >= 15 is 0 Å². The quantitative estimate of drug-likeness (QED) is 0.711. The van der Waals surface area contributed by atoms with Gasteiger partial charge in [0.2, 0.25) is 0 Å². The Morgan fingerprint density at radius 3 is 2.52 bits per heavy atom. The summed E-state index contributed by atoms with van der Waals surface area (Å²) in [7, 11) is 0. The topological polar surface area (TPSA) is 75.1 Å². The van der Waals surface area contributed by atoms with Crippen LogP contribution in [0.4, 0.5) is 11.4 Å². The summed E-state index contributed by atoms with van der Waals surface area (Å²) in [4.78, 5) is 20.3. The van der Waals surface area contributed by atoms with Crippen LogP contribution in [0, 0.1) is 13.8 Å². The Morgan fingerprint density at radius 1 is 1.04 bits per heavy atom. The van der Waals surface area contributed by atoms with Crippen molar-refractivity contribution < 1.29 is 9.90 Å². The molecule has 2 aromatic heterocycles. The van der Waals surface area contributed by atoms with Crippen LogP contribution in [0.1, 0.15) is 21.7 Å². The molecule has 0 unspecified atom stereocenters. The molecule has 3 rings (SSSR count). The molecule has 0 aliphatic rings. The summed E-state index contributed by atoms with van der Waals surface area (Å²) >= 11 is 3.30. The van der Waals surface area contributed by atoms with E-state index in [0.717, 1.165) is 22.5 Å². The predicted octanol–water partition coefficient (Wildman–Crippen LogP) is 4.45. The summed E-state index contributed by atoms with van der Waals surface area (Å²) in [6.07, 6.45) is 0. The second-order valence-corrected chi connectivity index (χ2v) is 6.17. The SMILES string of the molecule is Cc1ccc2c(Nc3ccc(Br)cc3C(=O)O)cc(C)nc2n1. The number of benzene rings is 1. The average Bonchev–Trinajstić information content (AvgIpc) is 2.48. The Balaban J connectivity index is 2.14. The highest BCUT2D eigenvalue weighted by Crippen LogP contribution is 2.29. The molecule has 2 N–H and O–H groups in total. The third kappa shape index (κ3) is 3.17. The Labute approximate surface area is 141 Å². The highest BCUT2D eigenvalue weighted by molar-refractivity contribution is 9.10. The number of halogens is 1. The van der Waals surface area contributed by atoms with Gasteiger partial charge in [0.25, 0.3) is 0 Å². The molecule has 6 heteroatoms. The lowest BCUT2D eigenvalue weighted by molar-refractivity contribution is 0.0698. The molecule has 0 aliphatic heterocycles. The van der Waals surface area contributed by atoms with Gasteiger partial charge in [-0.05, 0) is 50.2 Å². The van der Waals surface area contributed by atoms with E-state index in [-0.39, 0.29) is 5.56 Å². The zero-order chi connectivity index (χ0) is 16.6. The van der Waals surface area contributed by atoms with Gasteiger partial charge in [0, 0.05) is 21.2 Å². The fourth-order valence-electron chi connectivity index (χ4n) is 2.38. The van der Waals surface area contributed by atoms with Gasteiger partial charge in [-0.2, -0.15) is 0 Å². The summed E-state index contributed by atoms with van der Waals surface area (Å²) in [5.41, 5.74) is 3.84. The number of nitrogens with zero attached hydrogens (tertiary/aromatic N) is 2. The summed E-state index contributed by atoms with van der Waals surface area (Å²) < 4.78 is 0.716. The Morgan fingerprint density at radius 2 is 1.78 bits per heavy atom. The summed E-state index contributed by atoms with van der Waals surface area (Å²) in [5, 5.41) is 13.4. The molecule has 0 saturated heterocycles. The minimum atomic E-state index is -0.988. The second kappa shape index (κ2) is 5.96. The van der Waals surface area contributed by atoms with Crippen LogP contribution >= 0.6 is 15.9 Å². The van der Waals surface area contributed by atoms with Crippen LogP contribution in [0.2, 0.25) is 0 Å². The zero-order valence-corrected chi connectivity index (χ0v) is 14.2. The number of aromatic nitrogens is 2. The maximum atomic E-state index is 11.5. The van der Waals surface area contributed by atoms with Crippen molar-refractivity contribution in [1.29, 1.82) is 0 Å². The smallest absolute Gasteiger partial charge is 0.337 e. The van der Waals surface area contributed by atoms with Crippen LogP contribution in [0.25, 0.3) is 11.0 Å². The number of hydrogen-bond acceptors (Lipinski definition) is 4. The van der Waals surface area contributed by atoms with Gasteiger partial charge in [-0.1, -0.05) is 15.9 Å². The van der Waals surface area contributed by atoms with Crippen LogP contribution in [-0.4, -0.2) is 21.0 Å². The van der Waals surface area contributed by atoms with E-state index < -0.39 is 5.97 Å². The molecule has 0 amide bonds. The van der Waals surface area contributed by atoms with Crippen molar-refractivity contribution >= 4 is 44.3 Å². The van der Waals surface area contributed by atoms with Crippen molar-refractivity contribution in [3.8, 4) is 0 Å². The maximum absolute atomic E-state index is 11.5. The van der Waals surface area contributed by atoms with E-state index in [9.17, 15) is 9.90 Å². The van der Waals surface area contributed by atoms with Crippen molar-refractivity contribution in [3.63, 3.8) is 0 Å². The zero-order valence-electron chi connectivity index (χ0n) is 12.6. The molecule has 2 heterocycles. The van der Waals surface area contributed by atoms with Crippen molar-refractivity contribution in [3.05, 3.63) is 57.8 Å². The Bertz CT molecular complexity index is 920. The lowest BCUT2D eigenvalue weighted by Crippen LogP contribution is -2.04. The van der Waals surface area contributed by atoms with Gasteiger partial charge in [0.05, 0.1) is 16.9 Å². The molecule has 0 spiro atoms. The van der Waals surface area contributed by atoms with E-state index in [0.29, 0.717) is 15.8 Å². The number of carboxylic acid groups (broad SMARTS) is 1. The summed E-state index contributed by atoms with van der Waals surface area (Å²) in [6.45, 7) is 3.79. The van der Waals surface area contributed by atoms with Gasteiger partial charge in [-0.25, -0.2) is 14.8 Å². The van der Waals surface area contributed by atoms with Crippen molar-refractivity contribution in [2.75, 3.05) is 5.32 Å². The minimum absolute atomic E-state index is 0.196. The number of nitrogens with one attached hydrogen (secondary N) is 1. The average molecular weight is 372 g/mol. The van der Waals surface area contributed by atoms with Gasteiger partial charge in [0.1, 0.15) is 0 Å². The van der Waals surface area contributed by atoms with Gasteiger partial charge >= 0.3 is 5.97 Å². The number of hydrogen-bond donors (Lipinski definition) is 2. The fourth-order valence-corrected chi connectivity index (χ4v) is 2.74. The molecule has 0 aliphatic carbocycles. The molecule has 116 valence electrons. The first-order valence-corrected chi connectivity index (χ1v) is 7.78. The molecule has 0 fully saturated rings. The first kappa shape index (κ1) is 15.4. The van der Waals surface area contributed by atoms with Gasteiger partial charge in [0.15, 0.2) is 5.65 Å². The normalized spacial score (nSPS) is 10.7. The number of carbonyl (C=O) groups is 1. The number of fused-ring (bicyclic) bond motifs is 1. The van der Waals surface area contributed by atoms with Crippen LogP contribution in [0.15, 0.2) is 40.9 Å². The van der Waals surface area contributed by atoms with Crippen LogP contribution in [-0.2, 0) is 0 Å². The molecule has 3 aromatic rings. The largest absolute Gasteiger partial charge is 0.478 e. The number of pyridine rings is 2. The lowest BCUT2D eigenvalue weighted by Gasteiger charge is -2.13. The maximum Gasteiger partial charge on any atom is 0.337 e. The van der Waals surface area contributed by atoms with Gasteiger partial charge in [-0.15, -0.1) is 0 Å². The molecule has 0 atom stereocenters. The summed E-state index contributed by atoms with van der Waals surface area (Å²) in [6, 6.07) is 10.8. The highest BCUT2D eigenvalue weighted by atomic mass is 79.9. The number of rotatable bonds is 3. The van der Waals surface area contributed by atoms with E-state index in [2.05, 4.69) is 31.2 Å². The molecular weight excluding hydrogens is 358 g/mol. The summed E-state index contributed by atoms with van der Waals surface area (Å²) in [5.74, 6) is -0.988. The van der Waals surface area contributed by atoms with Gasteiger partial charge in [-0.3, -0.25) is 0 Å². The molecule has 1 aromatic carbocycles. The standard InChI is InChI=1S/C17H14BrN3O2/c1-9-3-5-12-15(7-10(2)20-16(12)19-9)21-14-6-4-11(18)8-13(14)17(22)23/h3-8H,1-2H3,(H,22,23)(H,19,20,21). The number of carboxylic acids is 1. The lowest BCUT2D eigenvalue weighted by atomic mass is 10.1. The molecule has 23 heavy (non-hydrogen) atoms. The van der Waals surface area contributed by atoms with E-state index in [4.69, 9.17) is 0 Å². The van der Waals surface area contributed by atoms with Crippen LogP contribution in [0.5, 0.6) is 0 Å². The van der Waals surface area contributed by atoms with E-state index in [1.165, 1.54) is 0 Å². The molecule has 0 radical (unpaired) electrons. The molecule has 0 bridgehead atoms. The second-order valence-electron chi connectivity index (χ2n) is 5.26. The first-order valence-electron chi connectivity index (χ1n) is 6.99. The highest BCUT2D eigenvalue weighted by Gasteiger charge is 2.13. The third-order valence-electron chi connectivity index (χ3n) is 3.42. The van der Waals surface area contributed by atoms with E-state index in [1.54, 1.807) is 18.2 Å². The van der Waals surface area contributed by atoms with E-state index in [1.807, 2.05) is 32.0 Å². The predicted molar refractivity (Wildman–Crippen MR) is 93.4 cm³/mol. The molecule has 5 nitrogen and oxygen atoms in total.